The summed E-state index contributed by atoms with van der Waals surface area (Å²) in [6.07, 6.45) is 10.2. The summed E-state index contributed by atoms with van der Waals surface area (Å²) in [5.41, 5.74) is 4.48. The Morgan fingerprint density at radius 2 is 1.69 bits per heavy atom. The Hall–Kier alpha value is -5.95. The van der Waals surface area contributed by atoms with Gasteiger partial charge in [-0.1, -0.05) is 79.5 Å². The van der Waals surface area contributed by atoms with Crippen molar-refractivity contribution in [3.05, 3.63) is 138 Å². The van der Waals surface area contributed by atoms with Gasteiger partial charge < -0.3 is 43.6 Å². The van der Waals surface area contributed by atoms with Crippen molar-refractivity contribution in [3.63, 3.8) is 0 Å². The second-order valence-corrected chi connectivity index (χ2v) is 16.9. The molecule has 1 amide bonds. The summed E-state index contributed by atoms with van der Waals surface area (Å²) in [7, 11) is 0. The highest BCUT2D eigenvalue weighted by molar-refractivity contribution is 6.03. The van der Waals surface area contributed by atoms with Crippen molar-refractivity contribution in [2.45, 2.75) is 82.6 Å². The van der Waals surface area contributed by atoms with Gasteiger partial charge in [-0.25, -0.2) is 0 Å². The van der Waals surface area contributed by atoms with Crippen LogP contribution in [0.1, 0.15) is 96.1 Å². The number of fused-ring (bicyclic) bond motifs is 3. The maximum absolute atomic E-state index is 15.2. The van der Waals surface area contributed by atoms with Crippen LogP contribution in [0, 0.1) is 17.8 Å². The van der Waals surface area contributed by atoms with Gasteiger partial charge in [0.05, 0.1) is 18.2 Å². The first kappa shape index (κ1) is 44.6. The Bertz CT molecular complexity index is 2330. The van der Waals surface area contributed by atoms with Gasteiger partial charge in [-0.2, -0.15) is 0 Å². The highest BCUT2D eigenvalue weighted by atomic mass is 16.7. The van der Waals surface area contributed by atoms with Gasteiger partial charge in [0.1, 0.15) is 36.2 Å². The van der Waals surface area contributed by atoms with Gasteiger partial charge >= 0.3 is 0 Å². The summed E-state index contributed by atoms with van der Waals surface area (Å²) in [6, 6.07) is 27.3. The Kier molecular flexibility index (Phi) is 14.4. The molecule has 4 aliphatic rings. The summed E-state index contributed by atoms with van der Waals surface area (Å²) in [6.45, 7) is 7.13. The van der Waals surface area contributed by atoms with E-state index in [1.807, 2.05) is 66.4 Å². The summed E-state index contributed by atoms with van der Waals surface area (Å²) in [5.74, 6) is 0.490. The molecule has 1 fully saturated rings. The molecule has 12 heteroatoms. The first-order valence-corrected chi connectivity index (χ1v) is 22.6. The molecule has 2 aliphatic carbocycles. The van der Waals surface area contributed by atoms with Gasteiger partial charge in [0.15, 0.2) is 11.5 Å². The molecule has 4 aromatic rings. The summed E-state index contributed by atoms with van der Waals surface area (Å²) < 4.78 is 32.3. The van der Waals surface area contributed by atoms with Gasteiger partial charge in [-0.3, -0.25) is 9.59 Å². The van der Waals surface area contributed by atoms with Crippen LogP contribution in [0.2, 0.25) is 0 Å². The van der Waals surface area contributed by atoms with E-state index in [1.54, 1.807) is 42.5 Å². The van der Waals surface area contributed by atoms with Gasteiger partial charge in [-0.15, -0.1) is 6.58 Å². The van der Waals surface area contributed by atoms with Crippen molar-refractivity contribution in [3.8, 4) is 28.7 Å². The minimum absolute atomic E-state index is 0.0245. The lowest BCUT2D eigenvalue weighted by Gasteiger charge is -2.60. The molecule has 2 aliphatic heterocycles. The number of allylic oxidation sites excluding steroid dienone is 1. The van der Waals surface area contributed by atoms with Crippen LogP contribution in [0.4, 0.5) is 0 Å². The number of amides is 1. The zero-order valence-corrected chi connectivity index (χ0v) is 36.4. The lowest BCUT2D eigenvalue weighted by molar-refractivity contribution is -0.254. The number of aldehydes is 1. The highest BCUT2D eigenvalue weighted by Gasteiger charge is 2.65. The second-order valence-electron chi connectivity index (χ2n) is 16.9. The van der Waals surface area contributed by atoms with Gasteiger partial charge in [0, 0.05) is 48.8 Å². The normalized spacial score (nSPS) is 23.3. The van der Waals surface area contributed by atoms with E-state index in [1.165, 1.54) is 0 Å². The fourth-order valence-corrected chi connectivity index (χ4v) is 10.1. The Balaban J connectivity index is 1.33. The summed E-state index contributed by atoms with van der Waals surface area (Å²) in [5, 5.41) is 24.9. The number of benzene rings is 4. The molecular weight excluding hydrogens is 813 g/mol. The number of carbonyl (C=O) groups excluding carboxylic acids is 2. The number of ether oxygens (including phenoxy) is 5. The molecule has 8 rings (SSSR count). The first-order chi connectivity index (χ1) is 31.4. The highest BCUT2D eigenvalue weighted by Crippen LogP contribution is 2.62. The number of aliphatic hydroxyl groups excluding tert-OH is 2. The summed E-state index contributed by atoms with van der Waals surface area (Å²) >= 11 is 0. The predicted molar refractivity (Wildman–Crippen MR) is 242 cm³/mol. The average molecular weight is 871 g/mol. The third kappa shape index (κ3) is 9.31. The molecule has 1 saturated carbocycles. The molecule has 64 heavy (non-hydrogen) atoms. The number of hydrogen-bond acceptors (Lipinski definition) is 11. The van der Waals surface area contributed by atoms with Crippen LogP contribution >= 0.6 is 0 Å². The monoisotopic (exact) mass is 870 g/mol. The third-order valence-corrected chi connectivity index (χ3v) is 12.8. The molecule has 0 spiro atoms. The Morgan fingerprint density at radius 1 is 0.906 bits per heavy atom. The topological polar surface area (TPSA) is 146 Å². The Morgan fingerprint density at radius 3 is 2.47 bits per heavy atom. The Labute approximate surface area is 375 Å². The van der Waals surface area contributed by atoms with Crippen LogP contribution in [-0.2, 0) is 16.2 Å². The third-order valence-electron chi connectivity index (χ3n) is 12.8. The van der Waals surface area contributed by atoms with Crippen molar-refractivity contribution in [2.24, 2.45) is 22.9 Å². The molecule has 12 nitrogen and oxygen atoms in total. The second kappa shape index (κ2) is 20.7. The molecular formula is C52H58N2O10. The van der Waals surface area contributed by atoms with Crippen molar-refractivity contribution in [1.29, 1.82) is 0 Å². The van der Waals surface area contributed by atoms with E-state index in [4.69, 9.17) is 33.7 Å². The maximum atomic E-state index is 15.2. The smallest absolute Gasteiger partial charge is 0.254 e. The number of rotatable bonds is 21. The van der Waals surface area contributed by atoms with Crippen molar-refractivity contribution in [1.82, 2.24) is 4.90 Å². The van der Waals surface area contributed by atoms with Gasteiger partial charge in [0.25, 0.3) is 5.91 Å². The zero-order valence-electron chi connectivity index (χ0n) is 36.4. The fourth-order valence-electron chi connectivity index (χ4n) is 10.1. The van der Waals surface area contributed by atoms with E-state index in [0.717, 1.165) is 48.7 Å². The number of aliphatic hydroxyl groups is 2. The number of nitrogens with zero attached hydrogens (tertiary/aromatic N) is 2. The lowest BCUT2D eigenvalue weighted by Crippen LogP contribution is -2.70. The van der Waals surface area contributed by atoms with E-state index in [0.29, 0.717) is 71.4 Å². The number of unbranched alkanes of at least 4 members (excludes halogenated alkanes) is 2. The molecule has 0 saturated heterocycles. The maximum Gasteiger partial charge on any atom is 0.254 e. The van der Waals surface area contributed by atoms with E-state index in [-0.39, 0.29) is 63.3 Å². The van der Waals surface area contributed by atoms with Gasteiger partial charge in [-0.05, 0) is 104 Å². The van der Waals surface area contributed by atoms with Crippen molar-refractivity contribution in [2.75, 3.05) is 33.2 Å². The van der Waals surface area contributed by atoms with Crippen molar-refractivity contribution < 1.29 is 48.3 Å². The molecule has 4 aromatic carbocycles. The minimum atomic E-state index is -1.43. The number of carbonyl (C=O) groups is 2. The summed E-state index contributed by atoms with van der Waals surface area (Å²) in [4.78, 5) is 35.0. The minimum Gasteiger partial charge on any atom is -0.459 e. The number of oxime groups is 1. The van der Waals surface area contributed by atoms with Crippen LogP contribution in [-0.4, -0.2) is 78.0 Å². The van der Waals surface area contributed by atoms with Gasteiger partial charge in [0.2, 0.25) is 12.6 Å². The van der Waals surface area contributed by atoms with Crippen LogP contribution in [0.25, 0.3) is 0 Å². The van der Waals surface area contributed by atoms with Crippen molar-refractivity contribution >= 4 is 17.9 Å². The number of hydrogen-bond donors (Lipinski definition) is 2. The molecule has 0 bridgehead atoms. The predicted octanol–water partition coefficient (Wildman–Crippen LogP) is 9.41. The molecule has 0 aromatic heterocycles. The van der Waals surface area contributed by atoms with E-state index in [9.17, 15) is 15.0 Å². The standard InChI is InChI=1S/C52H58N2O10/c1-3-23-54(51(58)38-19-21-46-47(29-38)60-34-59-46)48-31-44(53-62-33-35-13-6-5-7-14-35)42-28-37(16-8-10-24-55)41(18-9-11-25-56)49-43-30-40(63-39-17-12-15-36(27-39)32-57)20-22-45(43)64-52(48,50(42)49)61-26-4-2/h4-7,12-15,17,19-22,27-30,32,37,41,48-50,55-56H,2-3,8-11,16,18,23-26,31,33-34H2,1H3/t37-,41+,48-,49+,50+,52+/m0/s1. The zero-order chi connectivity index (χ0) is 44.5. The first-order valence-electron chi connectivity index (χ1n) is 22.6. The molecule has 2 N–H and O–H groups in total. The molecule has 0 unspecified atom stereocenters. The fraction of sp³-hybridized carbons (Fsp3) is 0.404. The quantitative estimate of drug-likeness (QED) is 0.0360. The molecule has 336 valence electrons. The lowest BCUT2D eigenvalue weighted by atomic mass is 9.55. The average Bonchev–Trinajstić information content (AvgIpc) is 3.80. The van der Waals surface area contributed by atoms with Crippen LogP contribution in [0.5, 0.6) is 28.7 Å². The van der Waals surface area contributed by atoms with E-state index >= 15 is 4.79 Å². The molecule has 2 heterocycles. The van der Waals surface area contributed by atoms with E-state index < -0.39 is 17.7 Å². The van der Waals surface area contributed by atoms with Crippen LogP contribution in [0.3, 0.4) is 0 Å². The largest absolute Gasteiger partial charge is 0.459 e. The van der Waals surface area contributed by atoms with Crippen LogP contribution < -0.4 is 18.9 Å². The van der Waals surface area contributed by atoms with E-state index in [2.05, 4.69) is 12.7 Å². The van der Waals surface area contributed by atoms with Crippen LogP contribution in [0.15, 0.2) is 120 Å². The SMILES string of the molecule is C=CCO[C@@]12Oc3ccc(Oc4cccc(C=O)c4)cc3[C@H]3[C@H](CCCCO)[C@@H](CCCCO)C=C(C(=NOCc4ccccc4)C[C@@H]1N(CCC)C(=O)c1ccc4c(c1)OCO4)[C@H]32. The molecule has 0 radical (unpaired) electrons. The molecule has 6 atom stereocenters.